The molecule has 6 heteroatoms. The maximum atomic E-state index is 12.3. The molecule has 0 unspecified atom stereocenters. The number of pyridine rings is 1. The van der Waals surface area contributed by atoms with Crippen molar-refractivity contribution in [1.82, 2.24) is 14.5 Å². The summed E-state index contributed by atoms with van der Waals surface area (Å²) in [5.74, 6) is 0. The van der Waals surface area contributed by atoms with Crippen molar-refractivity contribution in [2.45, 2.75) is 37.8 Å². The van der Waals surface area contributed by atoms with E-state index in [0.29, 0.717) is 11.0 Å². The number of rotatable bonds is 1. The number of nitrogens with two attached hydrogens (primary N) is 1. The molecule has 2 aromatic rings. The van der Waals surface area contributed by atoms with Crippen LogP contribution in [0.15, 0.2) is 29.5 Å². The Hall–Kier alpha value is -1.46. The van der Waals surface area contributed by atoms with E-state index in [2.05, 4.69) is 9.97 Å². The van der Waals surface area contributed by atoms with E-state index in [1.165, 1.54) is 0 Å². The SMILES string of the molecule is Cl.NC1CCC(n2cnc3cccnc3c2=O)CC1. The van der Waals surface area contributed by atoms with Gasteiger partial charge in [0.15, 0.2) is 5.52 Å². The zero-order valence-corrected chi connectivity index (χ0v) is 11.3. The van der Waals surface area contributed by atoms with Gasteiger partial charge in [0.25, 0.3) is 5.56 Å². The van der Waals surface area contributed by atoms with Gasteiger partial charge in [-0.1, -0.05) is 0 Å². The predicted molar refractivity (Wildman–Crippen MR) is 76.5 cm³/mol. The van der Waals surface area contributed by atoms with Gasteiger partial charge in [0, 0.05) is 18.3 Å². The lowest BCUT2D eigenvalue weighted by Gasteiger charge is -2.27. The summed E-state index contributed by atoms with van der Waals surface area (Å²) < 4.78 is 1.72. The number of aromatic nitrogens is 3. The molecule has 0 aromatic carbocycles. The first-order valence-electron chi connectivity index (χ1n) is 6.33. The fraction of sp³-hybridized carbons (Fsp3) is 0.462. The molecular weight excluding hydrogens is 264 g/mol. The van der Waals surface area contributed by atoms with E-state index in [4.69, 9.17) is 5.73 Å². The van der Waals surface area contributed by atoms with Gasteiger partial charge in [0.05, 0.1) is 11.8 Å². The quantitative estimate of drug-likeness (QED) is 0.862. The predicted octanol–water partition coefficient (Wildman–Crippen LogP) is 1.66. The molecule has 1 aliphatic carbocycles. The van der Waals surface area contributed by atoms with Crippen molar-refractivity contribution in [1.29, 1.82) is 0 Å². The summed E-state index contributed by atoms with van der Waals surface area (Å²) in [5, 5.41) is 0. The van der Waals surface area contributed by atoms with Crippen LogP contribution >= 0.6 is 12.4 Å². The molecule has 5 nitrogen and oxygen atoms in total. The average Bonchev–Trinajstić information content (AvgIpc) is 2.41. The normalized spacial score (nSPS) is 23.0. The van der Waals surface area contributed by atoms with Gasteiger partial charge < -0.3 is 5.73 Å². The van der Waals surface area contributed by atoms with Gasteiger partial charge in [-0.3, -0.25) is 9.36 Å². The lowest BCUT2D eigenvalue weighted by Crippen LogP contribution is -2.32. The Labute approximate surface area is 117 Å². The van der Waals surface area contributed by atoms with Crippen LogP contribution in [0, 0.1) is 0 Å². The van der Waals surface area contributed by atoms with Crippen LogP contribution in [-0.4, -0.2) is 20.6 Å². The standard InChI is InChI=1S/C13H16N4O.ClH/c14-9-3-5-10(6-4-9)17-8-16-11-2-1-7-15-12(11)13(17)18;/h1-2,7-10H,3-6,14H2;1H. The van der Waals surface area contributed by atoms with Crippen LogP contribution in [0.5, 0.6) is 0 Å². The van der Waals surface area contributed by atoms with Gasteiger partial charge in [0.2, 0.25) is 0 Å². The summed E-state index contributed by atoms with van der Waals surface area (Å²) in [5.41, 5.74) is 6.96. The molecule has 0 saturated heterocycles. The molecule has 0 aliphatic heterocycles. The average molecular weight is 281 g/mol. The number of halogens is 1. The van der Waals surface area contributed by atoms with Crippen LogP contribution in [0.1, 0.15) is 31.7 Å². The second kappa shape index (κ2) is 5.67. The van der Waals surface area contributed by atoms with Gasteiger partial charge in [-0.2, -0.15) is 0 Å². The molecule has 0 spiro atoms. The van der Waals surface area contributed by atoms with E-state index in [1.54, 1.807) is 23.2 Å². The zero-order valence-electron chi connectivity index (χ0n) is 10.5. The minimum Gasteiger partial charge on any atom is -0.328 e. The fourth-order valence-electron chi connectivity index (χ4n) is 2.60. The molecule has 0 amide bonds. The number of hydrogen-bond donors (Lipinski definition) is 1. The Morgan fingerprint density at radius 2 is 1.95 bits per heavy atom. The lowest BCUT2D eigenvalue weighted by atomic mass is 9.91. The van der Waals surface area contributed by atoms with Crippen LogP contribution in [0.25, 0.3) is 11.0 Å². The third-order valence-corrected chi connectivity index (χ3v) is 3.68. The highest BCUT2D eigenvalue weighted by atomic mass is 35.5. The van der Waals surface area contributed by atoms with E-state index in [1.807, 2.05) is 6.07 Å². The molecule has 2 N–H and O–H groups in total. The van der Waals surface area contributed by atoms with E-state index >= 15 is 0 Å². The van der Waals surface area contributed by atoms with Crippen molar-refractivity contribution < 1.29 is 0 Å². The largest absolute Gasteiger partial charge is 0.328 e. The van der Waals surface area contributed by atoms with Gasteiger partial charge in [-0.25, -0.2) is 9.97 Å². The lowest BCUT2D eigenvalue weighted by molar-refractivity contribution is 0.317. The monoisotopic (exact) mass is 280 g/mol. The summed E-state index contributed by atoms with van der Waals surface area (Å²) in [4.78, 5) is 20.8. The van der Waals surface area contributed by atoms with E-state index in [9.17, 15) is 4.79 Å². The molecule has 1 saturated carbocycles. The second-order valence-corrected chi connectivity index (χ2v) is 4.90. The molecule has 0 bridgehead atoms. The molecule has 1 aliphatic rings. The summed E-state index contributed by atoms with van der Waals surface area (Å²) in [6.45, 7) is 0. The Morgan fingerprint density at radius 3 is 2.68 bits per heavy atom. The van der Waals surface area contributed by atoms with Crippen molar-refractivity contribution >= 4 is 23.4 Å². The van der Waals surface area contributed by atoms with Gasteiger partial charge in [0.1, 0.15) is 0 Å². The van der Waals surface area contributed by atoms with E-state index in [0.717, 1.165) is 25.7 Å². The van der Waals surface area contributed by atoms with Gasteiger partial charge in [-0.05, 0) is 37.8 Å². The maximum Gasteiger partial charge on any atom is 0.280 e. The second-order valence-electron chi connectivity index (χ2n) is 4.90. The number of hydrogen-bond acceptors (Lipinski definition) is 4. The van der Waals surface area contributed by atoms with Crippen molar-refractivity contribution in [3.63, 3.8) is 0 Å². The van der Waals surface area contributed by atoms with Crippen LogP contribution < -0.4 is 11.3 Å². The van der Waals surface area contributed by atoms with Crippen LogP contribution in [0.2, 0.25) is 0 Å². The minimum absolute atomic E-state index is 0. The Bertz CT molecular complexity index is 619. The van der Waals surface area contributed by atoms with Crippen molar-refractivity contribution in [2.75, 3.05) is 0 Å². The Balaban J connectivity index is 0.00000133. The maximum absolute atomic E-state index is 12.3. The minimum atomic E-state index is -0.0407. The molecule has 102 valence electrons. The smallest absolute Gasteiger partial charge is 0.280 e. The molecule has 0 radical (unpaired) electrons. The fourth-order valence-corrected chi connectivity index (χ4v) is 2.60. The highest BCUT2D eigenvalue weighted by molar-refractivity contribution is 5.85. The number of fused-ring (bicyclic) bond motifs is 1. The van der Waals surface area contributed by atoms with Crippen LogP contribution in [0.3, 0.4) is 0 Å². The zero-order chi connectivity index (χ0) is 12.5. The topological polar surface area (TPSA) is 73.8 Å². The third-order valence-electron chi connectivity index (χ3n) is 3.68. The summed E-state index contributed by atoms with van der Waals surface area (Å²) in [6.07, 6.45) is 7.11. The van der Waals surface area contributed by atoms with Crippen molar-refractivity contribution in [3.05, 3.63) is 35.0 Å². The summed E-state index contributed by atoms with van der Waals surface area (Å²) in [6, 6.07) is 4.10. The molecule has 2 aromatic heterocycles. The van der Waals surface area contributed by atoms with Gasteiger partial charge in [-0.15, -0.1) is 12.4 Å². The van der Waals surface area contributed by atoms with Crippen LogP contribution in [-0.2, 0) is 0 Å². The first-order valence-corrected chi connectivity index (χ1v) is 6.33. The van der Waals surface area contributed by atoms with Crippen molar-refractivity contribution in [3.8, 4) is 0 Å². The first kappa shape index (κ1) is 14.0. The van der Waals surface area contributed by atoms with Crippen LogP contribution in [0.4, 0.5) is 0 Å². The van der Waals surface area contributed by atoms with E-state index < -0.39 is 0 Å². The summed E-state index contributed by atoms with van der Waals surface area (Å²) >= 11 is 0. The Morgan fingerprint density at radius 1 is 1.21 bits per heavy atom. The highest BCUT2D eigenvalue weighted by Crippen LogP contribution is 2.26. The molecule has 0 atom stereocenters. The van der Waals surface area contributed by atoms with E-state index in [-0.39, 0.29) is 30.0 Å². The molecular formula is C13H17ClN4O. The molecule has 3 rings (SSSR count). The summed E-state index contributed by atoms with van der Waals surface area (Å²) in [7, 11) is 0. The third kappa shape index (κ3) is 2.62. The van der Waals surface area contributed by atoms with Crippen molar-refractivity contribution in [2.24, 2.45) is 5.73 Å². The molecule has 19 heavy (non-hydrogen) atoms. The van der Waals surface area contributed by atoms with Gasteiger partial charge >= 0.3 is 0 Å². The first-order chi connectivity index (χ1) is 8.75. The molecule has 1 fully saturated rings. The number of nitrogens with zero attached hydrogens (tertiary/aromatic N) is 3. The Kier molecular flexibility index (Phi) is 4.17. The highest BCUT2D eigenvalue weighted by Gasteiger charge is 2.21. The molecule has 2 heterocycles.